The predicted octanol–water partition coefficient (Wildman–Crippen LogP) is 18.8. The minimum absolute atomic E-state index is 0.245. The van der Waals surface area contributed by atoms with Crippen molar-refractivity contribution >= 4 is 5.91 Å². The van der Waals surface area contributed by atoms with Gasteiger partial charge in [0.1, 0.15) is 48.8 Å². The van der Waals surface area contributed by atoms with Crippen LogP contribution in [0.5, 0.6) is 0 Å². The molecule has 14 heteroatoms. The summed E-state index contributed by atoms with van der Waals surface area (Å²) in [6, 6.07) is -0.938. The van der Waals surface area contributed by atoms with Crippen LogP contribution in [0.15, 0.2) is 36.5 Å². The van der Waals surface area contributed by atoms with Crippen LogP contribution in [0.4, 0.5) is 0 Å². The summed E-state index contributed by atoms with van der Waals surface area (Å²) < 4.78 is 22.9. The van der Waals surface area contributed by atoms with Gasteiger partial charge in [-0.1, -0.05) is 371 Å². The third-order valence-electron chi connectivity index (χ3n) is 20.3. The van der Waals surface area contributed by atoms with E-state index in [2.05, 4.69) is 43.5 Å². The quantitative estimate of drug-likeness (QED) is 0.0204. The molecule has 0 aromatic rings. The highest BCUT2D eigenvalue weighted by Gasteiger charge is 2.51. The first-order chi connectivity index (χ1) is 47.1. The summed E-state index contributed by atoms with van der Waals surface area (Å²) >= 11 is 0. The topological polar surface area (TPSA) is 228 Å². The number of ether oxygens (including phenoxy) is 4. The first-order valence-corrected chi connectivity index (χ1v) is 41.2. The van der Waals surface area contributed by atoms with E-state index < -0.39 is 86.8 Å². The zero-order chi connectivity index (χ0) is 69.4. The lowest BCUT2D eigenvalue weighted by atomic mass is 9.97. The van der Waals surface area contributed by atoms with Gasteiger partial charge >= 0.3 is 0 Å². The number of nitrogens with one attached hydrogen (secondary N) is 1. The van der Waals surface area contributed by atoms with E-state index in [1.807, 2.05) is 6.08 Å². The van der Waals surface area contributed by atoms with Crippen molar-refractivity contribution in [3.05, 3.63) is 36.5 Å². The molecule has 9 N–H and O–H groups in total. The highest BCUT2D eigenvalue weighted by atomic mass is 16.7. The second-order valence-electron chi connectivity index (χ2n) is 29.2. The van der Waals surface area contributed by atoms with E-state index >= 15 is 0 Å². The molecule has 0 aliphatic carbocycles. The number of rotatable bonds is 70. The maximum Gasteiger partial charge on any atom is 0.220 e. The smallest absolute Gasteiger partial charge is 0.220 e. The van der Waals surface area contributed by atoms with E-state index in [0.29, 0.717) is 12.8 Å². The van der Waals surface area contributed by atoms with Crippen LogP contribution < -0.4 is 5.32 Å². The van der Waals surface area contributed by atoms with E-state index in [9.17, 15) is 45.6 Å². The van der Waals surface area contributed by atoms with Crippen molar-refractivity contribution in [2.45, 2.75) is 460 Å². The molecule has 1 amide bonds. The second-order valence-corrected chi connectivity index (χ2v) is 29.2. The molecule has 2 fully saturated rings. The molecule has 0 bridgehead atoms. The molecule has 0 aromatic carbocycles. The van der Waals surface area contributed by atoms with E-state index in [0.717, 1.165) is 44.9 Å². The van der Waals surface area contributed by atoms with Crippen LogP contribution in [0.3, 0.4) is 0 Å². The standard InChI is InChI=1S/C82H155NO13/c1-3-5-7-9-11-13-15-17-19-21-23-25-27-29-31-33-34-35-36-38-39-41-43-45-47-49-51-53-55-57-59-61-63-65-71(86)70(69-93-81-79(92)77(90)80(73(68-85)95-81)96-82-78(91)76(89)75(88)72(67-84)94-82)83-74(87)66-64-62-60-58-56-54-52-50-48-46-44-42-40-37-32-30-28-26-24-22-20-18-16-14-12-10-8-6-4-2/h47,49,55,57,63,65,70-73,75-82,84-86,88-92H,3-46,48,50-54,56,58-62,64,66-69H2,1-2H3,(H,83,87)/b49-47+,57-55+,65-63+. The van der Waals surface area contributed by atoms with E-state index in [-0.39, 0.29) is 18.9 Å². The Bertz CT molecular complexity index is 1750. The first kappa shape index (κ1) is 90.3. The number of aliphatic hydroxyl groups excluding tert-OH is 8. The minimum atomic E-state index is -1.79. The van der Waals surface area contributed by atoms with Crippen LogP contribution in [0, 0.1) is 0 Å². The largest absolute Gasteiger partial charge is 0.394 e. The van der Waals surface area contributed by atoms with Gasteiger partial charge in [0.25, 0.3) is 0 Å². The Kier molecular flexibility index (Phi) is 62.5. The van der Waals surface area contributed by atoms with Crippen molar-refractivity contribution < 1.29 is 64.6 Å². The van der Waals surface area contributed by atoms with Crippen molar-refractivity contribution in [3.63, 3.8) is 0 Å². The number of amides is 1. The number of unbranched alkanes of at least 4 members (excludes halogenated alkanes) is 53. The first-order valence-electron chi connectivity index (χ1n) is 41.2. The van der Waals surface area contributed by atoms with Gasteiger partial charge in [-0.2, -0.15) is 0 Å². The lowest BCUT2D eigenvalue weighted by Crippen LogP contribution is -2.65. The van der Waals surface area contributed by atoms with Gasteiger partial charge < -0.3 is 65.1 Å². The molecule has 2 aliphatic rings. The fourth-order valence-corrected chi connectivity index (χ4v) is 13.8. The Morgan fingerprint density at radius 1 is 0.365 bits per heavy atom. The molecule has 96 heavy (non-hydrogen) atoms. The zero-order valence-corrected chi connectivity index (χ0v) is 62.1. The average Bonchev–Trinajstić information content (AvgIpc) is 0.800. The summed E-state index contributed by atoms with van der Waals surface area (Å²) in [5, 5.41) is 87.7. The molecule has 0 aromatic heterocycles. The normalized spacial score (nSPS) is 22.4. The van der Waals surface area contributed by atoms with Crippen LogP contribution in [0.1, 0.15) is 386 Å². The van der Waals surface area contributed by atoms with Crippen LogP contribution in [0.2, 0.25) is 0 Å². The number of allylic oxidation sites excluding steroid dienone is 5. The fourth-order valence-electron chi connectivity index (χ4n) is 13.8. The Morgan fingerprint density at radius 3 is 1.02 bits per heavy atom. The summed E-state index contributed by atoms with van der Waals surface area (Å²) in [5.74, 6) is -0.245. The number of aliphatic hydroxyl groups is 8. The van der Waals surface area contributed by atoms with Crippen molar-refractivity contribution in [2.24, 2.45) is 0 Å². The Morgan fingerprint density at radius 2 is 0.667 bits per heavy atom. The Balaban J connectivity index is 1.63. The summed E-state index contributed by atoms with van der Waals surface area (Å²) in [4.78, 5) is 13.4. The highest BCUT2D eigenvalue weighted by molar-refractivity contribution is 5.76. The molecule has 2 aliphatic heterocycles. The summed E-state index contributed by atoms with van der Waals surface area (Å²) in [6.07, 6.45) is 71.1. The van der Waals surface area contributed by atoms with Crippen LogP contribution >= 0.6 is 0 Å². The van der Waals surface area contributed by atoms with Crippen LogP contribution in [0.25, 0.3) is 0 Å². The van der Waals surface area contributed by atoms with Gasteiger partial charge in [0.2, 0.25) is 5.91 Å². The van der Waals surface area contributed by atoms with Crippen molar-refractivity contribution in [3.8, 4) is 0 Å². The summed E-state index contributed by atoms with van der Waals surface area (Å²) in [6.45, 7) is 2.85. The Labute approximate surface area is 589 Å². The molecule has 0 radical (unpaired) electrons. The van der Waals surface area contributed by atoms with Gasteiger partial charge in [0.15, 0.2) is 12.6 Å². The summed E-state index contributed by atoms with van der Waals surface area (Å²) in [7, 11) is 0. The molecular weight excluding hydrogens is 1210 g/mol. The molecule has 2 heterocycles. The molecule has 14 nitrogen and oxygen atoms in total. The highest BCUT2D eigenvalue weighted by Crippen LogP contribution is 2.30. The van der Waals surface area contributed by atoms with E-state index in [4.69, 9.17) is 18.9 Å². The summed E-state index contributed by atoms with van der Waals surface area (Å²) in [5.41, 5.74) is 0. The Hall–Kier alpha value is -1.79. The fraction of sp³-hybridized carbons (Fsp3) is 0.915. The molecular formula is C82H155NO13. The van der Waals surface area contributed by atoms with Crippen molar-refractivity contribution in [1.29, 1.82) is 0 Å². The maximum atomic E-state index is 13.4. The van der Waals surface area contributed by atoms with Crippen molar-refractivity contribution in [1.82, 2.24) is 5.32 Å². The number of hydrogen-bond acceptors (Lipinski definition) is 13. The van der Waals surface area contributed by atoms with E-state index in [1.54, 1.807) is 6.08 Å². The third-order valence-corrected chi connectivity index (χ3v) is 20.3. The maximum absolute atomic E-state index is 13.4. The molecule has 12 unspecified atom stereocenters. The zero-order valence-electron chi connectivity index (χ0n) is 62.1. The number of hydrogen-bond donors (Lipinski definition) is 9. The lowest BCUT2D eigenvalue weighted by Gasteiger charge is -2.46. The molecule has 2 saturated heterocycles. The van der Waals surface area contributed by atoms with Crippen molar-refractivity contribution in [2.75, 3.05) is 19.8 Å². The number of carbonyl (C=O) groups excluding carboxylic acids is 1. The van der Waals surface area contributed by atoms with Gasteiger partial charge in [-0.25, -0.2) is 0 Å². The second kappa shape index (κ2) is 66.4. The minimum Gasteiger partial charge on any atom is -0.394 e. The predicted molar refractivity (Wildman–Crippen MR) is 397 cm³/mol. The SMILES string of the molecule is CCCCCCCCCCCCCCCCCCCCCCCCC/C=C/CC/C=C/CC/C=C/C(O)C(COC1OC(CO)C(OC2OC(CO)C(O)C(O)C2O)C(O)C1O)NC(=O)CCCCCCCCCCCCCCCCCCCCCCCCCCCCCCC. The molecule has 0 spiro atoms. The molecule has 0 saturated carbocycles. The monoisotopic (exact) mass is 1360 g/mol. The van der Waals surface area contributed by atoms with Crippen LogP contribution in [-0.2, 0) is 23.7 Å². The van der Waals surface area contributed by atoms with Gasteiger partial charge in [-0.3, -0.25) is 4.79 Å². The van der Waals surface area contributed by atoms with Gasteiger partial charge in [-0.15, -0.1) is 0 Å². The van der Waals surface area contributed by atoms with Gasteiger partial charge in [-0.05, 0) is 44.9 Å². The van der Waals surface area contributed by atoms with Crippen LogP contribution in [-0.4, -0.2) is 140 Å². The van der Waals surface area contributed by atoms with E-state index in [1.165, 1.54) is 308 Å². The molecule has 566 valence electrons. The van der Waals surface area contributed by atoms with Gasteiger partial charge in [0.05, 0.1) is 32.0 Å². The average molecular weight is 1360 g/mol. The lowest BCUT2D eigenvalue weighted by molar-refractivity contribution is -0.359. The molecule has 12 atom stereocenters. The molecule has 2 rings (SSSR count). The number of carbonyl (C=O) groups is 1. The third kappa shape index (κ3) is 48.9. The van der Waals surface area contributed by atoms with Gasteiger partial charge in [0, 0.05) is 6.42 Å².